The van der Waals surface area contributed by atoms with E-state index in [0.29, 0.717) is 35.8 Å². The first-order valence-electron chi connectivity index (χ1n) is 9.21. The minimum absolute atomic E-state index is 0.0933. The maximum Gasteiger partial charge on any atom is 0.263 e. The van der Waals surface area contributed by atoms with Gasteiger partial charge in [0.15, 0.2) is 11.6 Å². The number of hydrogen-bond donors (Lipinski definition) is 2. The number of ether oxygens (including phenoxy) is 2. The fourth-order valence-corrected chi connectivity index (χ4v) is 3.77. The zero-order chi connectivity index (χ0) is 20.9. The molecule has 8 nitrogen and oxygen atoms in total. The largest absolute Gasteiger partial charge is 0.494 e. The molecule has 1 aromatic heterocycles. The molecule has 0 aliphatic carbocycles. The Bertz CT molecular complexity index is 1070. The fraction of sp³-hybridized carbons (Fsp3) is 0.300. The molecule has 9 heteroatoms. The van der Waals surface area contributed by atoms with Gasteiger partial charge >= 0.3 is 0 Å². The summed E-state index contributed by atoms with van der Waals surface area (Å²) in [4.78, 5) is 9.11. The Hall–Kier alpha value is -2.91. The third-order valence-electron chi connectivity index (χ3n) is 4.05. The standard InChI is InChI=1S/C20H24N4O4S/c1-4-28-15-9-11-16(12-10-15)29(25,26)24-20-19(21-14(2)13-27-3)22-17-7-5-6-8-18(17)23-20/h5-12,14H,4,13H2,1-3H3,(H,21,22)(H,23,24)/t14-/m1/s1. The molecule has 154 valence electrons. The molecule has 29 heavy (non-hydrogen) atoms. The number of hydrogen-bond acceptors (Lipinski definition) is 7. The summed E-state index contributed by atoms with van der Waals surface area (Å²) in [5, 5.41) is 3.16. The Morgan fingerprint density at radius 3 is 2.21 bits per heavy atom. The monoisotopic (exact) mass is 416 g/mol. The third-order valence-corrected chi connectivity index (χ3v) is 5.40. The number of anilines is 2. The van der Waals surface area contributed by atoms with Gasteiger partial charge in [-0.05, 0) is 50.2 Å². The number of nitrogens with zero attached hydrogens (tertiary/aromatic N) is 2. The van der Waals surface area contributed by atoms with Crippen molar-refractivity contribution in [2.24, 2.45) is 0 Å². The van der Waals surface area contributed by atoms with E-state index in [-0.39, 0.29) is 16.8 Å². The second-order valence-corrected chi connectivity index (χ2v) is 8.10. The number of sulfonamides is 1. The Morgan fingerprint density at radius 2 is 1.62 bits per heavy atom. The normalized spacial score (nSPS) is 12.5. The van der Waals surface area contributed by atoms with Crippen LogP contribution in [-0.4, -0.2) is 44.8 Å². The van der Waals surface area contributed by atoms with Crippen molar-refractivity contribution in [2.75, 3.05) is 30.4 Å². The van der Waals surface area contributed by atoms with E-state index in [1.54, 1.807) is 25.3 Å². The number of aromatic nitrogens is 2. The van der Waals surface area contributed by atoms with Crippen molar-refractivity contribution in [3.8, 4) is 5.75 Å². The summed E-state index contributed by atoms with van der Waals surface area (Å²) >= 11 is 0. The smallest absolute Gasteiger partial charge is 0.263 e. The first kappa shape index (κ1) is 20.8. The highest BCUT2D eigenvalue weighted by atomic mass is 32.2. The summed E-state index contributed by atoms with van der Waals surface area (Å²) in [5.74, 6) is 1.07. The zero-order valence-corrected chi connectivity index (χ0v) is 17.4. The molecule has 0 bridgehead atoms. The molecule has 0 saturated heterocycles. The number of fused-ring (bicyclic) bond motifs is 1. The average molecular weight is 417 g/mol. The minimum atomic E-state index is -3.86. The molecule has 0 radical (unpaired) electrons. The van der Waals surface area contributed by atoms with Crippen LogP contribution in [0.3, 0.4) is 0 Å². The summed E-state index contributed by atoms with van der Waals surface area (Å²) in [5.41, 5.74) is 1.24. The minimum Gasteiger partial charge on any atom is -0.494 e. The molecule has 3 rings (SSSR count). The van der Waals surface area contributed by atoms with Crippen LogP contribution in [0.4, 0.5) is 11.6 Å². The van der Waals surface area contributed by atoms with Gasteiger partial charge in [0.2, 0.25) is 0 Å². The third kappa shape index (κ3) is 5.12. The van der Waals surface area contributed by atoms with Crippen LogP contribution in [0.2, 0.25) is 0 Å². The van der Waals surface area contributed by atoms with E-state index >= 15 is 0 Å². The lowest BCUT2D eigenvalue weighted by atomic mass is 10.3. The lowest BCUT2D eigenvalue weighted by Gasteiger charge is -2.17. The molecule has 0 aliphatic rings. The molecule has 2 N–H and O–H groups in total. The van der Waals surface area contributed by atoms with Crippen LogP contribution in [0.15, 0.2) is 53.4 Å². The summed E-state index contributed by atoms with van der Waals surface area (Å²) in [6.07, 6.45) is 0. The van der Waals surface area contributed by atoms with Gasteiger partial charge in [-0.15, -0.1) is 0 Å². The van der Waals surface area contributed by atoms with Crippen molar-refractivity contribution < 1.29 is 17.9 Å². The lowest BCUT2D eigenvalue weighted by molar-refractivity contribution is 0.190. The molecule has 0 unspecified atom stereocenters. The van der Waals surface area contributed by atoms with E-state index in [1.165, 1.54) is 12.1 Å². The number of benzene rings is 2. The van der Waals surface area contributed by atoms with E-state index in [9.17, 15) is 8.42 Å². The van der Waals surface area contributed by atoms with Gasteiger partial charge in [0.1, 0.15) is 5.75 Å². The van der Waals surface area contributed by atoms with Crippen LogP contribution >= 0.6 is 0 Å². The topological polar surface area (TPSA) is 102 Å². The molecule has 1 atom stereocenters. The quantitative estimate of drug-likeness (QED) is 0.552. The maximum absolute atomic E-state index is 12.9. The maximum atomic E-state index is 12.9. The lowest BCUT2D eigenvalue weighted by Crippen LogP contribution is -2.24. The van der Waals surface area contributed by atoms with Crippen LogP contribution in [-0.2, 0) is 14.8 Å². The highest BCUT2D eigenvalue weighted by Gasteiger charge is 2.20. The molecule has 0 fully saturated rings. The van der Waals surface area contributed by atoms with Crippen molar-refractivity contribution in [3.05, 3.63) is 48.5 Å². The van der Waals surface area contributed by atoms with Gasteiger partial charge < -0.3 is 14.8 Å². The van der Waals surface area contributed by atoms with Gasteiger partial charge in [-0.2, -0.15) is 0 Å². The molecular weight excluding hydrogens is 392 g/mol. The SMILES string of the molecule is CCOc1ccc(S(=O)(=O)Nc2nc3ccccc3nc2N[C@H](C)COC)cc1. The van der Waals surface area contributed by atoms with Gasteiger partial charge in [0.25, 0.3) is 10.0 Å². The van der Waals surface area contributed by atoms with E-state index < -0.39 is 10.0 Å². The van der Waals surface area contributed by atoms with Gasteiger partial charge in [-0.3, -0.25) is 4.72 Å². The van der Waals surface area contributed by atoms with Crippen molar-refractivity contribution >= 4 is 32.7 Å². The first-order valence-corrected chi connectivity index (χ1v) is 10.7. The van der Waals surface area contributed by atoms with Crippen LogP contribution in [0.5, 0.6) is 5.75 Å². The van der Waals surface area contributed by atoms with E-state index in [0.717, 1.165) is 0 Å². The van der Waals surface area contributed by atoms with Gasteiger partial charge in [-0.1, -0.05) is 12.1 Å². The molecular formula is C20H24N4O4S. The number of rotatable bonds is 9. The van der Waals surface area contributed by atoms with Crippen LogP contribution in [0, 0.1) is 0 Å². The summed E-state index contributed by atoms with van der Waals surface area (Å²) < 4.78 is 38.9. The van der Waals surface area contributed by atoms with Crippen LogP contribution in [0.1, 0.15) is 13.8 Å². The molecule has 2 aromatic carbocycles. The average Bonchev–Trinajstić information content (AvgIpc) is 2.69. The molecule has 0 spiro atoms. The van der Waals surface area contributed by atoms with Gasteiger partial charge in [0.05, 0.1) is 29.1 Å². The fourth-order valence-electron chi connectivity index (χ4n) is 2.76. The molecule has 0 saturated carbocycles. The van der Waals surface area contributed by atoms with Gasteiger partial charge in [0, 0.05) is 13.2 Å². The summed E-state index contributed by atoms with van der Waals surface area (Å²) in [7, 11) is -2.27. The predicted octanol–water partition coefficient (Wildman–Crippen LogP) is 3.28. The second kappa shape index (κ2) is 9.06. The van der Waals surface area contributed by atoms with Crippen LogP contribution in [0.25, 0.3) is 11.0 Å². The predicted molar refractivity (Wildman–Crippen MR) is 113 cm³/mol. The van der Waals surface area contributed by atoms with Crippen LogP contribution < -0.4 is 14.8 Å². The van der Waals surface area contributed by atoms with E-state index in [2.05, 4.69) is 20.0 Å². The molecule has 0 amide bonds. The zero-order valence-electron chi connectivity index (χ0n) is 16.5. The molecule has 0 aliphatic heterocycles. The Balaban J connectivity index is 1.96. The van der Waals surface area contributed by atoms with E-state index in [1.807, 2.05) is 32.0 Å². The second-order valence-electron chi connectivity index (χ2n) is 6.42. The molecule has 1 heterocycles. The number of methoxy groups -OCH3 is 1. The van der Waals surface area contributed by atoms with Crippen molar-refractivity contribution in [1.82, 2.24) is 9.97 Å². The highest BCUT2D eigenvalue weighted by molar-refractivity contribution is 7.92. The Kier molecular flexibility index (Phi) is 6.50. The summed E-state index contributed by atoms with van der Waals surface area (Å²) in [6, 6.07) is 13.4. The van der Waals surface area contributed by atoms with Crippen molar-refractivity contribution in [1.29, 1.82) is 0 Å². The van der Waals surface area contributed by atoms with Crippen molar-refractivity contribution in [2.45, 2.75) is 24.8 Å². The number of nitrogens with one attached hydrogen (secondary N) is 2. The van der Waals surface area contributed by atoms with E-state index in [4.69, 9.17) is 9.47 Å². The highest BCUT2D eigenvalue weighted by Crippen LogP contribution is 2.25. The Labute approximate surface area is 170 Å². The molecule has 3 aromatic rings. The summed E-state index contributed by atoms with van der Waals surface area (Å²) in [6.45, 7) is 4.71. The Morgan fingerprint density at radius 1 is 1.00 bits per heavy atom. The number of para-hydroxylation sites is 2. The van der Waals surface area contributed by atoms with Crippen molar-refractivity contribution in [3.63, 3.8) is 0 Å². The first-order chi connectivity index (χ1) is 13.9. The van der Waals surface area contributed by atoms with Gasteiger partial charge in [-0.25, -0.2) is 18.4 Å².